The number of amides is 1. The molecule has 0 aliphatic carbocycles. The van der Waals surface area contributed by atoms with Crippen molar-refractivity contribution in [3.05, 3.63) is 23.7 Å². The molecule has 2 rings (SSSR count). The van der Waals surface area contributed by atoms with Gasteiger partial charge in [0, 0.05) is 38.8 Å². The minimum Gasteiger partial charge on any atom is -0.460 e. The molecule has 4 N–H and O–H groups in total. The minimum absolute atomic E-state index is 0.0395. The molecular formula is C15H24N6O3. The quantitative estimate of drug-likeness (QED) is 0.411. The smallest absolute Gasteiger partial charge is 0.318 e. The largest absolute Gasteiger partial charge is 0.460 e. The van der Waals surface area contributed by atoms with Gasteiger partial charge < -0.3 is 25.5 Å². The highest BCUT2D eigenvalue weighted by Crippen LogP contribution is 2.15. The summed E-state index contributed by atoms with van der Waals surface area (Å²) in [6.45, 7) is 3.14. The number of aromatic nitrogens is 2. The normalized spacial score (nSPS) is 16.1. The lowest BCUT2D eigenvalue weighted by atomic mass is 10.2. The van der Waals surface area contributed by atoms with Gasteiger partial charge >= 0.3 is 6.01 Å². The van der Waals surface area contributed by atoms with Crippen molar-refractivity contribution >= 4 is 11.7 Å². The fourth-order valence-electron chi connectivity index (χ4n) is 2.16. The molecule has 0 saturated carbocycles. The van der Waals surface area contributed by atoms with Crippen molar-refractivity contribution in [1.82, 2.24) is 26.1 Å². The molecule has 1 aliphatic rings. The molecule has 0 spiro atoms. The summed E-state index contributed by atoms with van der Waals surface area (Å²) in [5, 5.41) is 5.65. The maximum absolute atomic E-state index is 12.4. The van der Waals surface area contributed by atoms with Crippen LogP contribution in [0.2, 0.25) is 0 Å². The van der Waals surface area contributed by atoms with E-state index in [0.29, 0.717) is 30.4 Å². The van der Waals surface area contributed by atoms with Gasteiger partial charge in [0.2, 0.25) is 0 Å². The number of ether oxygens (including phenoxy) is 2. The van der Waals surface area contributed by atoms with Gasteiger partial charge in [0.15, 0.2) is 0 Å². The number of nitrogens with zero attached hydrogens (tertiary/aromatic N) is 2. The molecule has 1 aromatic rings. The lowest BCUT2D eigenvalue weighted by Crippen LogP contribution is -2.36. The molecule has 1 saturated heterocycles. The Morgan fingerprint density at radius 2 is 2.08 bits per heavy atom. The summed E-state index contributed by atoms with van der Waals surface area (Å²) in [6.07, 6.45) is 3.20. The summed E-state index contributed by atoms with van der Waals surface area (Å²) < 4.78 is 11.0. The second kappa shape index (κ2) is 9.04. The van der Waals surface area contributed by atoms with Crippen LogP contribution in [0.5, 0.6) is 6.01 Å². The van der Waals surface area contributed by atoms with Crippen molar-refractivity contribution in [2.75, 3.05) is 32.6 Å². The van der Waals surface area contributed by atoms with E-state index >= 15 is 0 Å². The van der Waals surface area contributed by atoms with Gasteiger partial charge in [0.25, 0.3) is 5.91 Å². The van der Waals surface area contributed by atoms with E-state index in [2.05, 4.69) is 31.5 Å². The molecule has 1 aliphatic heterocycles. The number of carbonyl (C=O) groups excluding carboxylic acids is 1. The Kier molecular flexibility index (Phi) is 6.76. The fourth-order valence-corrected chi connectivity index (χ4v) is 2.16. The van der Waals surface area contributed by atoms with Crippen molar-refractivity contribution < 1.29 is 14.3 Å². The van der Waals surface area contributed by atoms with Crippen molar-refractivity contribution in [1.29, 1.82) is 0 Å². The van der Waals surface area contributed by atoms with E-state index in [1.54, 1.807) is 33.3 Å². The van der Waals surface area contributed by atoms with Crippen LogP contribution in [-0.2, 0) is 9.53 Å². The number of rotatable bonds is 7. The van der Waals surface area contributed by atoms with Gasteiger partial charge in [0.1, 0.15) is 17.6 Å². The van der Waals surface area contributed by atoms with Crippen LogP contribution in [0, 0.1) is 0 Å². The molecule has 132 valence electrons. The van der Waals surface area contributed by atoms with Gasteiger partial charge in [0.05, 0.1) is 13.2 Å². The summed E-state index contributed by atoms with van der Waals surface area (Å²) in [5.74, 6) is 0.0447. The zero-order valence-corrected chi connectivity index (χ0v) is 14.2. The second-order valence-corrected chi connectivity index (χ2v) is 5.23. The van der Waals surface area contributed by atoms with Gasteiger partial charge in [-0.15, -0.1) is 0 Å². The van der Waals surface area contributed by atoms with E-state index in [0.717, 1.165) is 12.8 Å². The number of anilines is 1. The molecular weight excluding hydrogens is 312 g/mol. The average molecular weight is 336 g/mol. The summed E-state index contributed by atoms with van der Waals surface area (Å²) in [7, 11) is 3.42. The Morgan fingerprint density at radius 3 is 2.75 bits per heavy atom. The van der Waals surface area contributed by atoms with Crippen molar-refractivity contribution in [2.24, 2.45) is 0 Å². The molecule has 1 aromatic heterocycles. The first-order valence-electron chi connectivity index (χ1n) is 7.84. The first-order chi connectivity index (χ1) is 11.6. The predicted octanol–water partition coefficient (Wildman–Crippen LogP) is 0.148. The first-order valence-corrected chi connectivity index (χ1v) is 7.84. The number of hydrogen-bond acceptors (Lipinski definition) is 8. The Labute approximate surface area is 141 Å². The predicted molar refractivity (Wildman–Crippen MR) is 89.1 cm³/mol. The van der Waals surface area contributed by atoms with Gasteiger partial charge in [-0.05, 0) is 13.0 Å². The lowest BCUT2D eigenvalue weighted by Gasteiger charge is -2.22. The topological polar surface area (TPSA) is 109 Å². The average Bonchev–Trinajstić information content (AvgIpc) is 2.60. The Hall–Kier alpha value is -2.39. The molecule has 9 nitrogen and oxygen atoms in total. The summed E-state index contributed by atoms with van der Waals surface area (Å²) in [4.78, 5) is 20.7. The molecule has 0 radical (unpaired) electrons. The van der Waals surface area contributed by atoms with E-state index in [1.165, 1.54) is 0 Å². The van der Waals surface area contributed by atoms with E-state index in [4.69, 9.17) is 9.47 Å². The van der Waals surface area contributed by atoms with E-state index in [-0.39, 0.29) is 18.0 Å². The Balaban J connectivity index is 2.03. The summed E-state index contributed by atoms with van der Waals surface area (Å²) in [5.41, 5.74) is 6.59. The third-order valence-electron chi connectivity index (χ3n) is 3.54. The van der Waals surface area contributed by atoms with E-state index in [9.17, 15) is 4.79 Å². The Bertz CT molecular complexity index is 586. The van der Waals surface area contributed by atoms with Gasteiger partial charge in [-0.2, -0.15) is 4.98 Å². The lowest BCUT2D eigenvalue weighted by molar-refractivity contribution is -0.113. The van der Waals surface area contributed by atoms with Crippen LogP contribution in [0.3, 0.4) is 0 Å². The van der Waals surface area contributed by atoms with Crippen molar-refractivity contribution in [3.63, 3.8) is 0 Å². The first kappa shape index (κ1) is 18.0. The fraction of sp³-hybridized carbons (Fsp3) is 0.533. The number of hydrazine groups is 1. The molecule has 0 atom stereocenters. The van der Waals surface area contributed by atoms with Crippen LogP contribution in [0.4, 0.5) is 5.82 Å². The number of carbonyl (C=O) groups is 1. The number of nitrogens with one attached hydrogen (secondary N) is 4. The molecule has 0 aromatic carbocycles. The molecule has 2 heterocycles. The van der Waals surface area contributed by atoms with Crippen molar-refractivity contribution in [3.8, 4) is 6.01 Å². The monoisotopic (exact) mass is 336 g/mol. The molecule has 1 fully saturated rings. The number of hydrogen-bond donors (Lipinski definition) is 4. The molecule has 9 heteroatoms. The Morgan fingerprint density at radius 1 is 1.33 bits per heavy atom. The number of allylic oxidation sites excluding steroid dienone is 1. The highest BCUT2D eigenvalue weighted by atomic mass is 16.5. The van der Waals surface area contributed by atoms with Crippen LogP contribution in [0.1, 0.15) is 19.8 Å². The maximum Gasteiger partial charge on any atom is 0.318 e. The second-order valence-electron chi connectivity index (χ2n) is 5.23. The third-order valence-corrected chi connectivity index (χ3v) is 3.54. The zero-order chi connectivity index (χ0) is 17.4. The molecule has 0 bridgehead atoms. The highest BCUT2D eigenvalue weighted by molar-refractivity contribution is 6.03. The van der Waals surface area contributed by atoms with Gasteiger partial charge in [-0.25, -0.2) is 10.4 Å². The van der Waals surface area contributed by atoms with Gasteiger partial charge in [-0.1, -0.05) is 0 Å². The van der Waals surface area contributed by atoms with E-state index in [1.807, 2.05) is 0 Å². The summed E-state index contributed by atoms with van der Waals surface area (Å²) >= 11 is 0. The standard InChI is InChI=1S/C15H24N6O3/c1-10(16-2)13(21-17-3)14(22)19-12-4-7-18-15(20-12)24-11-5-8-23-9-6-11/h4,7,11,16-17,21H,5-6,8-9H2,1-3H3,(H,18,19,20,22)/b13-10-. The van der Waals surface area contributed by atoms with Crippen LogP contribution >= 0.6 is 0 Å². The summed E-state index contributed by atoms with van der Waals surface area (Å²) in [6, 6.07) is 1.86. The van der Waals surface area contributed by atoms with Crippen LogP contribution in [-0.4, -0.2) is 49.3 Å². The maximum atomic E-state index is 12.4. The minimum atomic E-state index is -0.327. The highest BCUT2D eigenvalue weighted by Gasteiger charge is 2.17. The van der Waals surface area contributed by atoms with Crippen LogP contribution in [0.15, 0.2) is 23.7 Å². The van der Waals surface area contributed by atoms with Crippen molar-refractivity contribution in [2.45, 2.75) is 25.9 Å². The SMILES string of the molecule is CNN/C(C(=O)Nc1ccnc(OC2CCOCC2)n1)=C(/C)NC. The van der Waals surface area contributed by atoms with Gasteiger partial charge in [-0.3, -0.25) is 4.79 Å². The zero-order valence-electron chi connectivity index (χ0n) is 14.2. The van der Waals surface area contributed by atoms with E-state index < -0.39 is 0 Å². The van der Waals surface area contributed by atoms with Crippen LogP contribution in [0.25, 0.3) is 0 Å². The molecule has 24 heavy (non-hydrogen) atoms. The molecule has 0 unspecified atom stereocenters. The van der Waals surface area contributed by atoms with Crippen LogP contribution < -0.4 is 26.2 Å². The third kappa shape index (κ3) is 5.07. The molecule has 1 amide bonds.